The quantitative estimate of drug-likeness (QED) is 0.869. The summed E-state index contributed by atoms with van der Waals surface area (Å²) in [5, 5.41) is 5.39. The molecule has 0 saturated heterocycles. The van der Waals surface area contributed by atoms with Gasteiger partial charge in [0.25, 0.3) is 0 Å². The molecule has 0 aliphatic heterocycles. The topological polar surface area (TPSA) is 68.0 Å². The molecule has 0 aliphatic rings. The molecule has 0 bridgehead atoms. The number of nitrogens with two attached hydrogens (primary N) is 1. The number of nitrogens with one attached hydrogen (secondary N) is 1. The van der Waals surface area contributed by atoms with Crippen LogP contribution in [0.1, 0.15) is 31.9 Å². The number of carbonyl (C=O) groups is 1. The third-order valence-corrected chi connectivity index (χ3v) is 3.72. The molecule has 0 aromatic carbocycles. The van der Waals surface area contributed by atoms with Crippen LogP contribution in [0, 0.1) is 0 Å². The molecule has 4 nitrogen and oxygen atoms in total. The first-order chi connectivity index (χ1) is 8.56. The maximum absolute atomic E-state index is 10.8. The maximum Gasteiger partial charge on any atom is 0.218 e. The fraction of sp³-hybridized carbons (Fsp3) is 0.385. The predicted octanol–water partition coefficient (Wildman–Crippen LogP) is 2.21. The van der Waals surface area contributed by atoms with Gasteiger partial charge in [0.15, 0.2) is 0 Å². The van der Waals surface area contributed by atoms with E-state index in [1.807, 2.05) is 24.6 Å². The molecule has 2 rings (SSSR count). The summed E-state index contributed by atoms with van der Waals surface area (Å²) in [7, 11) is 0. The zero-order valence-corrected chi connectivity index (χ0v) is 11.3. The molecule has 0 saturated carbocycles. The number of pyridine rings is 1. The number of thiophene rings is 1. The Labute approximate surface area is 110 Å². The monoisotopic (exact) mass is 263 g/mol. The number of nitrogens with zero attached hydrogens (tertiary/aromatic N) is 1. The van der Waals surface area contributed by atoms with Crippen LogP contribution in [0.25, 0.3) is 10.2 Å². The van der Waals surface area contributed by atoms with Gasteiger partial charge in [0.05, 0.1) is 10.2 Å². The van der Waals surface area contributed by atoms with Gasteiger partial charge in [-0.1, -0.05) is 0 Å². The molecule has 2 heterocycles. The van der Waals surface area contributed by atoms with Gasteiger partial charge in [-0.2, -0.15) is 0 Å². The summed E-state index contributed by atoms with van der Waals surface area (Å²) >= 11 is 1.68. The summed E-state index contributed by atoms with van der Waals surface area (Å²) in [6, 6.07) is 4.37. The molecule has 1 amide bonds. The van der Waals surface area contributed by atoms with E-state index in [0.29, 0.717) is 6.42 Å². The lowest BCUT2D eigenvalue weighted by molar-refractivity contribution is -0.118. The van der Waals surface area contributed by atoms with Crippen LogP contribution in [0.5, 0.6) is 0 Å². The molecule has 2 aromatic heterocycles. The molecule has 2 atom stereocenters. The van der Waals surface area contributed by atoms with Gasteiger partial charge in [-0.25, -0.2) is 0 Å². The molecule has 0 aliphatic carbocycles. The first-order valence-electron chi connectivity index (χ1n) is 5.93. The van der Waals surface area contributed by atoms with Crippen molar-refractivity contribution in [3.05, 3.63) is 29.3 Å². The van der Waals surface area contributed by atoms with Crippen molar-refractivity contribution >= 4 is 27.5 Å². The van der Waals surface area contributed by atoms with Gasteiger partial charge in [-0.05, 0) is 36.9 Å². The molecular weight excluding hydrogens is 246 g/mol. The molecular formula is C13H17N3OS. The Hall–Kier alpha value is -1.46. The van der Waals surface area contributed by atoms with Crippen LogP contribution < -0.4 is 11.1 Å². The van der Waals surface area contributed by atoms with Crippen LogP contribution in [0.15, 0.2) is 23.7 Å². The Balaban J connectivity index is 2.07. The van der Waals surface area contributed by atoms with Crippen LogP contribution in [0.2, 0.25) is 0 Å². The van der Waals surface area contributed by atoms with Gasteiger partial charge < -0.3 is 11.1 Å². The van der Waals surface area contributed by atoms with E-state index in [1.54, 1.807) is 11.3 Å². The number of hydrogen-bond acceptors (Lipinski definition) is 4. The molecule has 3 N–H and O–H groups in total. The Morgan fingerprint density at radius 3 is 3.06 bits per heavy atom. The Kier molecular flexibility index (Phi) is 3.93. The Bertz CT molecular complexity index is 552. The zero-order chi connectivity index (χ0) is 13.1. The predicted molar refractivity (Wildman–Crippen MR) is 74.4 cm³/mol. The van der Waals surface area contributed by atoms with Crippen LogP contribution in [-0.2, 0) is 4.79 Å². The third kappa shape index (κ3) is 3.05. The number of hydrogen-bond donors (Lipinski definition) is 2. The minimum Gasteiger partial charge on any atom is -0.370 e. The van der Waals surface area contributed by atoms with Crippen molar-refractivity contribution in [2.75, 3.05) is 0 Å². The zero-order valence-electron chi connectivity index (χ0n) is 10.5. The number of aromatic nitrogens is 1. The lowest BCUT2D eigenvalue weighted by Crippen LogP contribution is -2.32. The summed E-state index contributed by atoms with van der Waals surface area (Å²) in [6.45, 7) is 4.02. The van der Waals surface area contributed by atoms with Crippen molar-refractivity contribution < 1.29 is 4.79 Å². The number of fused-ring (bicyclic) bond motifs is 1. The summed E-state index contributed by atoms with van der Waals surface area (Å²) in [5.41, 5.74) is 7.33. The summed E-state index contributed by atoms with van der Waals surface area (Å²) in [4.78, 5) is 15.2. The van der Waals surface area contributed by atoms with Crippen LogP contribution >= 0.6 is 11.3 Å². The summed E-state index contributed by atoms with van der Waals surface area (Å²) in [5.74, 6) is -0.283. The molecule has 2 unspecified atom stereocenters. The fourth-order valence-electron chi connectivity index (χ4n) is 1.98. The molecule has 0 fully saturated rings. The van der Waals surface area contributed by atoms with E-state index >= 15 is 0 Å². The Morgan fingerprint density at radius 1 is 1.56 bits per heavy atom. The van der Waals surface area contributed by atoms with Gasteiger partial charge in [0.1, 0.15) is 0 Å². The van der Waals surface area contributed by atoms with E-state index < -0.39 is 0 Å². The SMILES string of the molecule is CC(CC(N)=O)NC(C)c1cnc2ccsc2c1. The van der Waals surface area contributed by atoms with Crippen molar-refractivity contribution in [1.29, 1.82) is 0 Å². The largest absolute Gasteiger partial charge is 0.370 e. The first kappa shape index (κ1) is 13.0. The average molecular weight is 263 g/mol. The second-order valence-electron chi connectivity index (χ2n) is 4.53. The van der Waals surface area contributed by atoms with Crippen molar-refractivity contribution in [2.45, 2.75) is 32.4 Å². The van der Waals surface area contributed by atoms with Gasteiger partial charge in [0, 0.05) is 24.7 Å². The third-order valence-electron chi connectivity index (χ3n) is 2.87. The molecule has 18 heavy (non-hydrogen) atoms. The van der Waals surface area contributed by atoms with E-state index in [4.69, 9.17) is 5.73 Å². The average Bonchev–Trinajstić information content (AvgIpc) is 2.74. The Morgan fingerprint density at radius 2 is 2.33 bits per heavy atom. The van der Waals surface area contributed by atoms with E-state index in [1.165, 1.54) is 4.70 Å². The maximum atomic E-state index is 10.8. The van der Waals surface area contributed by atoms with Gasteiger partial charge in [-0.15, -0.1) is 11.3 Å². The second kappa shape index (κ2) is 5.46. The van der Waals surface area contributed by atoms with E-state index in [2.05, 4.69) is 23.3 Å². The minimum atomic E-state index is -0.283. The number of primary amides is 1. The van der Waals surface area contributed by atoms with E-state index in [9.17, 15) is 4.79 Å². The highest BCUT2D eigenvalue weighted by Crippen LogP contribution is 2.22. The smallest absolute Gasteiger partial charge is 0.218 e. The number of amides is 1. The molecule has 2 aromatic rings. The number of carbonyl (C=O) groups excluding carboxylic acids is 1. The molecule has 96 valence electrons. The standard InChI is InChI=1S/C13H17N3OS/c1-8(5-13(14)17)16-9(2)10-6-12-11(15-7-10)3-4-18-12/h3-4,6-9,16H,5H2,1-2H3,(H2,14,17). The highest BCUT2D eigenvalue weighted by atomic mass is 32.1. The van der Waals surface area contributed by atoms with E-state index in [-0.39, 0.29) is 18.0 Å². The lowest BCUT2D eigenvalue weighted by Gasteiger charge is -2.19. The molecule has 0 radical (unpaired) electrons. The highest BCUT2D eigenvalue weighted by Gasteiger charge is 2.12. The van der Waals surface area contributed by atoms with Crippen molar-refractivity contribution in [1.82, 2.24) is 10.3 Å². The van der Waals surface area contributed by atoms with E-state index in [0.717, 1.165) is 11.1 Å². The van der Waals surface area contributed by atoms with Gasteiger partial charge in [-0.3, -0.25) is 9.78 Å². The fourth-order valence-corrected chi connectivity index (χ4v) is 2.77. The van der Waals surface area contributed by atoms with Gasteiger partial charge in [0.2, 0.25) is 5.91 Å². The van der Waals surface area contributed by atoms with Crippen molar-refractivity contribution in [2.24, 2.45) is 5.73 Å². The molecule has 0 spiro atoms. The normalized spacial score (nSPS) is 14.6. The minimum absolute atomic E-state index is 0.0662. The highest BCUT2D eigenvalue weighted by molar-refractivity contribution is 7.17. The summed E-state index contributed by atoms with van der Waals surface area (Å²) < 4.78 is 1.18. The van der Waals surface area contributed by atoms with Crippen LogP contribution in [-0.4, -0.2) is 16.9 Å². The van der Waals surface area contributed by atoms with Gasteiger partial charge >= 0.3 is 0 Å². The number of rotatable bonds is 5. The van der Waals surface area contributed by atoms with Crippen LogP contribution in [0.4, 0.5) is 0 Å². The van der Waals surface area contributed by atoms with Crippen molar-refractivity contribution in [3.8, 4) is 0 Å². The van der Waals surface area contributed by atoms with Crippen LogP contribution in [0.3, 0.4) is 0 Å². The second-order valence-corrected chi connectivity index (χ2v) is 5.48. The van der Waals surface area contributed by atoms with Crippen molar-refractivity contribution in [3.63, 3.8) is 0 Å². The molecule has 5 heteroatoms. The lowest BCUT2D eigenvalue weighted by atomic mass is 10.1. The summed E-state index contributed by atoms with van der Waals surface area (Å²) in [6.07, 6.45) is 2.22. The first-order valence-corrected chi connectivity index (χ1v) is 6.81.